The Hall–Kier alpha value is -3.06. The third kappa shape index (κ3) is 2.69. The number of hydrogen-bond acceptors (Lipinski definition) is 5. The van der Waals surface area contributed by atoms with E-state index in [0.717, 1.165) is 12.8 Å². The SMILES string of the molecule is COc1ccc(N2C(=O)C3C(C2=O)C(C(=O)c2ccc(F)cc2)N2CCCC32)cc1. The lowest BCUT2D eigenvalue weighted by molar-refractivity contribution is -0.123. The molecule has 3 saturated heterocycles. The third-order valence-electron chi connectivity index (χ3n) is 6.58. The Bertz CT molecular complexity index is 1020. The van der Waals surface area contributed by atoms with Crippen LogP contribution in [-0.2, 0) is 9.59 Å². The maximum Gasteiger partial charge on any atom is 0.239 e. The zero-order valence-corrected chi connectivity index (χ0v) is 16.5. The monoisotopic (exact) mass is 408 g/mol. The summed E-state index contributed by atoms with van der Waals surface area (Å²) in [6.45, 7) is 0.679. The summed E-state index contributed by atoms with van der Waals surface area (Å²) < 4.78 is 18.5. The Labute approximate surface area is 173 Å². The number of hydrogen-bond donors (Lipinski definition) is 0. The van der Waals surface area contributed by atoms with Crippen molar-refractivity contribution in [2.24, 2.45) is 11.8 Å². The van der Waals surface area contributed by atoms with Crippen molar-refractivity contribution in [3.8, 4) is 5.75 Å². The van der Waals surface area contributed by atoms with Gasteiger partial charge in [-0.25, -0.2) is 9.29 Å². The number of carbonyl (C=O) groups excluding carboxylic acids is 3. The van der Waals surface area contributed by atoms with E-state index < -0.39 is 23.7 Å². The number of halogens is 1. The van der Waals surface area contributed by atoms with Gasteiger partial charge in [-0.15, -0.1) is 0 Å². The number of anilines is 1. The van der Waals surface area contributed by atoms with E-state index in [4.69, 9.17) is 4.74 Å². The molecule has 3 aliphatic rings. The van der Waals surface area contributed by atoms with Crippen molar-refractivity contribution >= 4 is 23.3 Å². The number of nitrogens with zero attached hydrogens (tertiary/aromatic N) is 2. The average molecular weight is 408 g/mol. The van der Waals surface area contributed by atoms with Crippen LogP contribution in [0.4, 0.5) is 10.1 Å². The lowest BCUT2D eigenvalue weighted by atomic mass is 9.85. The highest BCUT2D eigenvalue weighted by molar-refractivity contribution is 6.24. The molecule has 2 aromatic carbocycles. The van der Waals surface area contributed by atoms with Gasteiger partial charge in [0.2, 0.25) is 11.8 Å². The first-order valence-electron chi connectivity index (χ1n) is 10.1. The van der Waals surface area contributed by atoms with Crippen molar-refractivity contribution in [2.45, 2.75) is 24.9 Å². The van der Waals surface area contributed by atoms with Crippen molar-refractivity contribution < 1.29 is 23.5 Å². The second-order valence-electron chi connectivity index (χ2n) is 8.02. The van der Waals surface area contributed by atoms with E-state index in [1.165, 1.54) is 29.2 Å². The molecule has 2 amide bonds. The Balaban J connectivity index is 1.52. The van der Waals surface area contributed by atoms with Crippen molar-refractivity contribution in [1.29, 1.82) is 0 Å². The highest BCUT2D eigenvalue weighted by Crippen LogP contribution is 2.48. The Kier molecular flexibility index (Phi) is 4.43. The van der Waals surface area contributed by atoms with E-state index in [1.54, 1.807) is 31.4 Å². The number of ketones is 1. The minimum atomic E-state index is -0.720. The van der Waals surface area contributed by atoms with Gasteiger partial charge in [0, 0.05) is 11.6 Å². The number of ether oxygens (including phenoxy) is 1. The fourth-order valence-electron chi connectivity index (χ4n) is 5.29. The molecule has 3 aliphatic heterocycles. The molecule has 6 nitrogen and oxygen atoms in total. The standard InChI is InChI=1S/C23H21FN2O4/c1-30-16-10-8-15(9-11-16)26-22(28)18-17-3-2-12-25(17)20(19(18)23(26)29)21(27)13-4-6-14(24)7-5-13/h4-11,17-20H,2-3,12H2,1H3. The number of imide groups is 1. The topological polar surface area (TPSA) is 66.9 Å². The van der Waals surface area contributed by atoms with Gasteiger partial charge in [0.05, 0.1) is 30.7 Å². The number of methoxy groups -OCH3 is 1. The van der Waals surface area contributed by atoms with Crippen LogP contribution in [0.5, 0.6) is 5.75 Å². The van der Waals surface area contributed by atoms with Crippen LogP contribution >= 0.6 is 0 Å². The third-order valence-corrected chi connectivity index (χ3v) is 6.58. The molecule has 5 rings (SSSR count). The van der Waals surface area contributed by atoms with E-state index in [0.29, 0.717) is 23.5 Å². The minimum Gasteiger partial charge on any atom is -0.497 e. The van der Waals surface area contributed by atoms with Gasteiger partial charge in [0.1, 0.15) is 11.6 Å². The molecule has 0 N–H and O–H groups in total. The Morgan fingerprint density at radius 1 is 1.00 bits per heavy atom. The Morgan fingerprint density at radius 3 is 2.33 bits per heavy atom. The van der Waals surface area contributed by atoms with Crippen LogP contribution in [0.3, 0.4) is 0 Å². The first-order valence-corrected chi connectivity index (χ1v) is 10.1. The zero-order chi connectivity index (χ0) is 21.0. The molecule has 154 valence electrons. The number of Topliss-reactive ketones (excluding diaryl/α,β-unsaturated/α-hetero) is 1. The van der Waals surface area contributed by atoms with Crippen LogP contribution in [0, 0.1) is 17.7 Å². The quantitative estimate of drug-likeness (QED) is 0.575. The molecule has 7 heteroatoms. The summed E-state index contributed by atoms with van der Waals surface area (Å²) in [4.78, 5) is 43.3. The summed E-state index contributed by atoms with van der Waals surface area (Å²) in [6.07, 6.45) is 1.66. The molecule has 3 fully saturated rings. The molecule has 4 atom stereocenters. The maximum atomic E-state index is 13.4. The van der Waals surface area contributed by atoms with Gasteiger partial charge in [0.15, 0.2) is 5.78 Å². The summed E-state index contributed by atoms with van der Waals surface area (Å²) in [5.74, 6) is -1.87. The molecular weight excluding hydrogens is 387 g/mol. The van der Waals surface area contributed by atoms with Crippen LogP contribution in [0.25, 0.3) is 0 Å². The van der Waals surface area contributed by atoms with Crippen molar-refractivity contribution in [3.05, 3.63) is 59.9 Å². The van der Waals surface area contributed by atoms with E-state index in [2.05, 4.69) is 0 Å². The summed E-state index contributed by atoms with van der Waals surface area (Å²) in [5, 5.41) is 0. The molecule has 3 heterocycles. The highest BCUT2D eigenvalue weighted by atomic mass is 19.1. The summed E-state index contributed by atoms with van der Waals surface area (Å²) in [7, 11) is 1.55. The predicted molar refractivity (Wildman–Crippen MR) is 107 cm³/mol. The molecule has 2 aromatic rings. The average Bonchev–Trinajstić information content (AvgIpc) is 3.40. The van der Waals surface area contributed by atoms with Gasteiger partial charge in [-0.2, -0.15) is 0 Å². The number of rotatable bonds is 4. The zero-order valence-electron chi connectivity index (χ0n) is 16.5. The molecule has 4 unspecified atom stereocenters. The number of amides is 2. The van der Waals surface area contributed by atoms with Gasteiger partial charge in [-0.1, -0.05) is 0 Å². The molecule has 0 aliphatic carbocycles. The van der Waals surface area contributed by atoms with E-state index in [1.807, 2.05) is 4.90 Å². The summed E-state index contributed by atoms with van der Waals surface area (Å²) in [6, 6.07) is 11.3. The lowest BCUT2D eigenvalue weighted by Gasteiger charge is -2.27. The van der Waals surface area contributed by atoms with Crippen LogP contribution in [0.15, 0.2) is 48.5 Å². The van der Waals surface area contributed by atoms with Crippen LogP contribution in [0.2, 0.25) is 0 Å². The maximum absolute atomic E-state index is 13.4. The first-order chi connectivity index (χ1) is 14.5. The normalized spacial score (nSPS) is 28.0. The van der Waals surface area contributed by atoms with Gasteiger partial charge in [-0.05, 0) is 67.9 Å². The van der Waals surface area contributed by atoms with Crippen molar-refractivity contribution in [2.75, 3.05) is 18.6 Å². The van der Waals surface area contributed by atoms with Crippen LogP contribution in [-0.4, -0.2) is 48.2 Å². The number of fused-ring (bicyclic) bond motifs is 3. The Morgan fingerprint density at radius 2 is 1.67 bits per heavy atom. The molecule has 0 radical (unpaired) electrons. The lowest BCUT2D eigenvalue weighted by Crippen LogP contribution is -2.46. The predicted octanol–water partition coefficient (Wildman–Crippen LogP) is 2.67. The van der Waals surface area contributed by atoms with E-state index in [9.17, 15) is 18.8 Å². The van der Waals surface area contributed by atoms with Gasteiger partial charge < -0.3 is 4.74 Å². The largest absolute Gasteiger partial charge is 0.497 e. The van der Waals surface area contributed by atoms with Crippen LogP contribution < -0.4 is 9.64 Å². The van der Waals surface area contributed by atoms with Gasteiger partial charge in [-0.3, -0.25) is 19.3 Å². The molecular formula is C23H21FN2O4. The van der Waals surface area contributed by atoms with Crippen molar-refractivity contribution in [1.82, 2.24) is 4.90 Å². The smallest absolute Gasteiger partial charge is 0.239 e. The molecule has 0 saturated carbocycles. The van der Waals surface area contributed by atoms with Crippen molar-refractivity contribution in [3.63, 3.8) is 0 Å². The van der Waals surface area contributed by atoms with E-state index in [-0.39, 0.29) is 23.6 Å². The van der Waals surface area contributed by atoms with E-state index >= 15 is 0 Å². The fraction of sp³-hybridized carbons (Fsp3) is 0.348. The number of carbonyl (C=O) groups is 3. The molecule has 0 spiro atoms. The highest BCUT2D eigenvalue weighted by Gasteiger charge is 2.64. The minimum absolute atomic E-state index is 0.121. The number of benzene rings is 2. The van der Waals surface area contributed by atoms with Crippen LogP contribution in [0.1, 0.15) is 23.2 Å². The summed E-state index contributed by atoms with van der Waals surface area (Å²) >= 11 is 0. The second-order valence-corrected chi connectivity index (χ2v) is 8.02. The second kappa shape index (κ2) is 7.02. The molecule has 30 heavy (non-hydrogen) atoms. The van der Waals surface area contributed by atoms with Gasteiger partial charge >= 0.3 is 0 Å². The molecule has 0 aromatic heterocycles. The van der Waals surface area contributed by atoms with Gasteiger partial charge in [0.25, 0.3) is 0 Å². The molecule has 0 bridgehead atoms. The first kappa shape index (κ1) is 18.9. The summed E-state index contributed by atoms with van der Waals surface area (Å²) in [5.41, 5.74) is 0.841. The fourth-order valence-corrected chi connectivity index (χ4v) is 5.29.